The van der Waals surface area contributed by atoms with Crippen LogP contribution in [0.3, 0.4) is 0 Å². The number of amides is 3. The third-order valence-electron chi connectivity index (χ3n) is 7.60. The van der Waals surface area contributed by atoms with Crippen LogP contribution in [0.15, 0.2) is 48.5 Å². The molecule has 0 spiro atoms. The summed E-state index contributed by atoms with van der Waals surface area (Å²) in [6.07, 6.45) is 1.68. The fraction of sp³-hybridized carbons (Fsp3) is 0.455. The van der Waals surface area contributed by atoms with E-state index in [0.29, 0.717) is 62.9 Å². The summed E-state index contributed by atoms with van der Waals surface area (Å²) in [6.45, 7) is 8.72. The van der Waals surface area contributed by atoms with Gasteiger partial charge in [-0.15, -0.1) is 0 Å². The van der Waals surface area contributed by atoms with Gasteiger partial charge in [0.25, 0.3) is 5.91 Å². The van der Waals surface area contributed by atoms with Gasteiger partial charge < -0.3 is 35.3 Å². The summed E-state index contributed by atoms with van der Waals surface area (Å²) in [6, 6.07) is 17.6. The van der Waals surface area contributed by atoms with Crippen molar-refractivity contribution < 1.29 is 24.2 Å². The molecule has 1 aliphatic heterocycles. The Bertz CT molecular complexity index is 1510. The van der Waals surface area contributed by atoms with Crippen molar-refractivity contribution in [1.29, 1.82) is 5.26 Å². The lowest BCUT2D eigenvalue weighted by Crippen LogP contribution is -2.40. The van der Waals surface area contributed by atoms with Gasteiger partial charge in [0.05, 0.1) is 17.1 Å². The van der Waals surface area contributed by atoms with Gasteiger partial charge in [-0.25, -0.2) is 9.59 Å². The van der Waals surface area contributed by atoms with E-state index in [2.05, 4.69) is 22.0 Å². The second kappa shape index (κ2) is 14.6. The summed E-state index contributed by atoms with van der Waals surface area (Å²) in [7, 11) is 0. The molecule has 1 aromatic heterocycles. The fourth-order valence-corrected chi connectivity index (χ4v) is 5.43. The number of fused-ring (bicyclic) bond motifs is 1. The SMILES string of the molecule is CC(C)(C)OC(=O)NCCCNc1cccc(Cn2c(C(=O)N3CCC(CCNC(=O)O)CC3)cc3ccc(C#N)cc32)c1. The van der Waals surface area contributed by atoms with Gasteiger partial charge >= 0.3 is 12.2 Å². The molecule has 1 saturated heterocycles. The molecule has 0 saturated carbocycles. The molecule has 11 nitrogen and oxygen atoms in total. The van der Waals surface area contributed by atoms with E-state index in [-0.39, 0.29) is 5.91 Å². The van der Waals surface area contributed by atoms with Crippen molar-refractivity contribution in [1.82, 2.24) is 20.1 Å². The number of ether oxygens (including phenoxy) is 1. The smallest absolute Gasteiger partial charge is 0.407 e. The van der Waals surface area contributed by atoms with E-state index in [1.807, 2.05) is 72.7 Å². The molecule has 2 aromatic carbocycles. The first kappa shape index (κ1) is 32.2. The average molecular weight is 603 g/mol. The Morgan fingerprint density at radius 3 is 2.50 bits per heavy atom. The quantitative estimate of drug-likeness (QED) is 0.215. The zero-order valence-electron chi connectivity index (χ0n) is 25.7. The van der Waals surface area contributed by atoms with Crippen LogP contribution in [0.2, 0.25) is 0 Å². The highest BCUT2D eigenvalue weighted by Gasteiger charge is 2.26. The summed E-state index contributed by atoms with van der Waals surface area (Å²) >= 11 is 0. The highest BCUT2D eigenvalue weighted by Crippen LogP contribution is 2.27. The Hall–Kier alpha value is -4.72. The molecule has 3 amide bonds. The van der Waals surface area contributed by atoms with Gasteiger partial charge in [0.2, 0.25) is 0 Å². The number of carbonyl (C=O) groups excluding carboxylic acids is 2. The summed E-state index contributed by atoms with van der Waals surface area (Å²) in [4.78, 5) is 38.3. The number of carboxylic acid groups (broad SMARTS) is 1. The Morgan fingerprint density at radius 1 is 1.02 bits per heavy atom. The minimum absolute atomic E-state index is 0.0476. The van der Waals surface area contributed by atoms with Gasteiger partial charge in [0.15, 0.2) is 0 Å². The van der Waals surface area contributed by atoms with Crippen LogP contribution in [0.25, 0.3) is 10.9 Å². The second-order valence-corrected chi connectivity index (χ2v) is 12.2. The van der Waals surface area contributed by atoms with E-state index in [0.717, 1.165) is 41.4 Å². The molecule has 4 rings (SSSR count). The number of piperidine rings is 1. The first-order valence-corrected chi connectivity index (χ1v) is 15.1. The molecule has 234 valence electrons. The Balaban J connectivity index is 1.43. The number of nitriles is 1. The van der Waals surface area contributed by atoms with Crippen molar-refractivity contribution in [2.45, 2.75) is 58.6 Å². The average Bonchev–Trinajstić information content (AvgIpc) is 3.33. The molecule has 2 heterocycles. The predicted octanol–water partition coefficient (Wildman–Crippen LogP) is 5.40. The Morgan fingerprint density at radius 2 is 1.80 bits per heavy atom. The normalized spacial score (nSPS) is 13.7. The Kier molecular flexibility index (Phi) is 10.7. The lowest BCUT2D eigenvalue weighted by molar-refractivity contribution is 0.0527. The van der Waals surface area contributed by atoms with Crippen molar-refractivity contribution in [2.75, 3.05) is 38.0 Å². The Labute approximate surface area is 258 Å². The van der Waals surface area contributed by atoms with Crippen molar-refractivity contribution in [3.63, 3.8) is 0 Å². The number of aromatic nitrogens is 1. The second-order valence-electron chi connectivity index (χ2n) is 12.2. The number of rotatable bonds is 11. The lowest BCUT2D eigenvalue weighted by Gasteiger charge is -2.32. The number of alkyl carbamates (subject to hydrolysis) is 1. The molecule has 0 bridgehead atoms. The van der Waals surface area contributed by atoms with Crippen LogP contribution in [0.4, 0.5) is 15.3 Å². The first-order chi connectivity index (χ1) is 21.0. The van der Waals surface area contributed by atoms with Crippen LogP contribution in [-0.4, -0.2) is 71.0 Å². The number of likely N-dealkylation sites (tertiary alicyclic amines) is 1. The molecule has 3 aromatic rings. The highest BCUT2D eigenvalue weighted by molar-refractivity contribution is 5.99. The topological polar surface area (TPSA) is 149 Å². The van der Waals surface area contributed by atoms with Gasteiger partial charge in [0.1, 0.15) is 11.3 Å². The van der Waals surface area contributed by atoms with Gasteiger partial charge in [-0.1, -0.05) is 18.2 Å². The number of carbonyl (C=O) groups is 3. The minimum atomic E-state index is -1.01. The summed E-state index contributed by atoms with van der Waals surface area (Å²) in [5.41, 5.74) is 3.33. The molecule has 44 heavy (non-hydrogen) atoms. The zero-order valence-corrected chi connectivity index (χ0v) is 25.7. The molecule has 1 aliphatic rings. The number of benzene rings is 2. The standard InChI is InChI=1S/C33H42N6O5/c1-33(2,3)44-32(43)37-14-5-13-35-27-7-4-6-25(18-27)22-39-28-19-24(21-34)8-9-26(28)20-29(39)30(40)38-16-11-23(12-17-38)10-15-36-31(41)42/h4,6-9,18-20,23,35-36H,5,10-17,22H2,1-3H3,(H,37,43)(H,41,42). The number of hydrogen-bond donors (Lipinski definition) is 4. The largest absolute Gasteiger partial charge is 0.465 e. The summed E-state index contributed by atoms with van der Waals surface area (Å²) in [5.74, 6) is 0.326. The molecule has 4 N–H and O–H groups in total. The molecule has 0 atom stereocenters. The minimum Gasteiger partial charge on any atom is -0.465 e. The molecular weight excluding hydrogens is 560 g/mol. The van der Waals surface area contributed by atoms with Crippen LogP contribution in [-0.2, 0) is 11.3 Å². The highest BCUT2D eigenvalue weighted by atomic mass is 16.6. The zero-order chi connectivity index (χ0) is 31.7. The van der Waals surface area contributed by atoms with Crippen LogP contribution in [0.1, 0.15) is 68.1 Å². The van der Waals surface area contributed by atoms with Crippen LogP contribution < -0.4 is 16.0 Å². The molecular formula is C33H42N6O5. The molecule has 11 heteroatoms. The lowest BCUT2D eigenvalue weighted by atomic mass is 9.93. The van der Waals surface area contributed by atoms with Gasteiger partial charge in [-0.05, 0) is 88.3 Å². The summed E-state index contributed by atoms with van der Waals surface area (Å²) < 4.78 is 7.26. The van der Waals surface area contributed by atoms with Crippen molar-refractivity contribution in [2.24, 2.45) is 5.92 Å². The van der Waals surface area contributed by atoms with Gasteiger partial charge in [-0.2, -0.15) is 5.26 Å². The van der Waals surface area contributed by atoms with Gasteiger partial charge in [-0.3, -0.25) is 4.79 Å². The molecule has 1 fully saturated rings. The van der Waals surface area contributed by atoms with Gasteiger partial charge in [0, 0.05) is 50.3 Å². The van der Waals surface area contributed by atoms with E-state index < -0.39 is 17.8 Å². The molecule has 0 unspecified atom stereocenters. The fourth-order valence-electron chi connectivity index (χ4n) is 5.43. The van der Waals surface area contributed by atoms with Crippen molar-refractivity contribution >= 4 is 34.7 Å². The third-order valence-corrected chi connectivity index (χ3v) is 7.60. The number of hydrogen-bond acceptors (Lipinski definition) is 6. The van der Waals surface area contributed by atoms with Crippen LogP contribution >= 0.6 is 0 Å². The number of anilines is 1. The number of nitrogens with zero attached hydrogens (tertiary/aromatic N) is 3. The van der Waals surface area contributed by atoms with E-state index >= 15 is 0 Å². The van der Waals surface area contributed by atoms with Crippen molar-refractivity contribution in [3.8, 4) is 6.07 Å². The van der Waals surface area contributed by atoms with E-state index in [1.54, 1.807) is 6.07 Å². The maximum atomic E-state index is 13.8. The van der Waals surface area contributed by atoms with E-state index in [4.69, 9.17) is 9.84 Å². The number of nitrogens with one attached hydrogen (secondary N) is 3. The molecule has 0 radical (unpaired) electrons. The first-order valence-electron chi connectivity index (χ1n) is 15.1. The maximum absolute atomic E-state index is 13.8. The van der Waals surface area contributed by atoms with Crippen LogP contribution in [0.5, 0.6) is 0 Å². The third kappa shape index (κ3) is 9.14. The van der Waals surface area contributed by atoms with Crippen LogP contribution in [0, 0.1) is 17.2 Å². The van der Waals surface area contributed by atoms with E-state index in [9.17, 15) is 19.6 Å². The maximum Gasteiger partial charge on any atom is 0.407 e. The molecule has 0 aliphatic carbocycles. The van der Waals surface area contributed by atoms with Crippen molar-refractivity contribution in [3.05, 3.63) is 65.4 Å². The summed E-state index contributed by atoms with van der Waals surface area (Å²) in [5, 5.41) is 27.8. The van der Waals surface area contributed by atoms with E-state index in [1.165, 1.54) is 0 Å². The monoisotopic (exact) mass is 602 g/mol. The predicted molar refractivity (Wildman–Crippen MR) is 169 cm³/mol.